The van der Waals surface area contributed by atoms with Gasteiger partial charge < -0.3 is 18.8 Å². The predicted molar refractivity (Wildman–Crippen MR) is 86.4 cm³/mol. The SMILES string of the molecule is CC1(C)O[C@@H]2[C@]3(C=O)CC[C@@H]3C[C@@]2(n2ccc3c(Cl)ncnc32)O1. The number of fused-ring (bicyclic) bond motifs is 4. The van der Waals surface area contributed by atoms with Crippen molar-refractivity contribution in [3.8, 4) is 0 Å². The molecule has 24 heavy (non-hydrogen) atoms. The first-order chi connectivity index (χ1) is 11.4. The first kappa shape index (κ1) is 14.8. The Morgan fingerprint density at radius 3 is 2.96 bits per heavy atom. The van der Waals surface area contributed by atoms with Crippen LogP contribution in [0.5, 0.6) is 0 Å². The second-order valence-electron chi connectivity index (χ2n) is 7.60. The fourth-order valence-electron chi connectivity index (χ4n) is 4.95. The van der Waals surface area contributed by atoms with E-state index in [1.165, 1.54) is 6.33 Å². The summed E-state index contributed by atoms with van der Waals surface area (Å²) in [6.45, 7) is 3.79. The van der Waals surface area contributed by atoms with Gasteiger partial charge in [-0.1, -0.05) is 11.6 Å². The molecule has 0 unspecified atom stereocenters. The summed E-state index contributed by atoms with van der Waals surface area (Å²) in [5.74, 6) is -0.472. The summed E-state index contributed by atoms with van der Waals surface area (Å²) < 4.78 is 14.7. The third kappa shape index (κ3) is 1.57. The molecule has 3 heterocycles. The Kier molecular flexibility index (Phi) is 2.69. The minimum absolute atomic E-state index is 0.283. The lowest BCUT2D eigenvalue weighted by molar-refractivity contribution is -0.200. The summed E-state index contributed by atoms with van der Waals surface area (Å²) in [4.78, 5) is 20.4. The zero-order valence-corrected chi connectivity index (χ0v) is 14.3. The number of aldehydes is 1. The number of hydrogen-bond acceptors (Lipinski definition) is 5. The van der Waals surface area contributed by atoms with Gasteiger partial charge in [0.2, 0.25) is 0 Å². The molecular formula is C17H18ClN3O3. The summed E-state index contributed by atoms with van der Waals surface area (Å²) in [6, 6.07) is 1.89. The van der Waals surface area contributed by atoms with E-state index >= 15 is 0 Å². The Balaban J connectivity index is 1.75. The quantitative estimate of drug-likeness (QED) is 0.617. The van der Waals surface area contributed by atoms with Gasteiger partial charge in [-0.2, -0.15) is 0 Å². The summed E-state index contributed by atoms with van der Waals surface area (Å²) >= 11 is 6.21. The summed E-state index contributed by atoms with van der Waals surface area (Å²) in [7, 11) is 0. The van der Waals surface area contributed by atoms with Gasteiger partial charge in [-0.25, -0.2) is 9.97 Å². The molecule has 3 aliphatic rings. The van der Waals surface area contributed by atoms with Gasteiger partial charge >= 0.3 is 0 Å². The molecular weight excluding hydrogens is 330 g/mol. The van der Waals surface area contributed by atoms with E-state index in [4.69, 9.17) is 21.1 Å². The van der Waals surface area contributed by atoms with Crippen LogP contribution < -0.4 is 0 Å². The highest BCUT2D eigenvalue weighted by molar-refractivity contribution is 6.33. The molecule has 6 nitrogen and oxygen atoms in total. The number of rotatable bonds is 2. The molecule has 0 spiro atoms. The average Bonchev–Trinajstić information content (AvgIpc) is 3.10. The second-order valence-corrected chi connectivity index (χ2v) is 7.96. The van der Waals surface area contributed by atoms with E-state index < -0.39 is 16.9 Å². The van der Waals surface area contributed by atoms with Crippen LogP contribution in [-0.4, -0.2) is 32.7 Å². The number of halogens is 1. The summed E-state index contributed by atoms with van der Waals surface area (Å²) in [5, 5.41) is 1.19. The minimum Gasteiger partial charge on any atom is -0.341 e. The lowest BCUT2D eigenvalue weighted by Gasteiger charge is -2.43. The number of aromatic nitrogens is 3. The maximum absolute atomic E-state index is 12.0. The van der Waals surface area contributed by atoms with Gasteiger partial charge in [0.1, 0.15) is 29.5 Å². The number of ether oxygens (including phenoxy) is 2. The molecule has 0 radical (unpaired) electrons. The smallest absolute Gasteiger partial charge is 0.177 e. The molecule has 0 bridgehead atoms. The van der Waals surface area contributed by atoms with E-state index in [0.717, 1.165) is 30.9 Å². The van der Waals surface area contributed by atoms with Gasteiger partial charge in [0.15, 0.2) is 11.5 Å². The van der Waals surface area contributed by atoms with Crippen molar-refractivity contribution in [3.05, 3.63) is 23.7 Å². The van der Waals surface area contributed by atoms with Crippen LogP contribution in [-0.2, 0) is 20.0 Å². The lowest BCUT2D eigenvalue weighted by atomic mass is 9.62. The Hall–Kier alpha value is -1.50. The van der Waals surface area contributed by atoms with Crippen molar-refractivity contribution in [3.63, 3.8) is 0 Å². The Labute approximate surface area is 144 Å². The first-order valence-electron chi connectivity index (χ1n) is 8.24. The maximum atomic E-state index is 12.0. The summed E-state index contributed by atoms with van der Waals surface area (Å²) in [6.07, 6.45) is 6.76. The lowest BCUT2D eigenvalue weighted by Crippen LogP contribution is -2.49. The number of nitrogens with zero attached hydrogens (tertiary/aromatic N) is 3. The standard InChI is InChI=1S/C17H18ClN3O3/c1-15(2)23-14-16(8-22)5-3-10(16)7-17(14,24-15)21-6-4-11-12(18)19-9-20-13(11)21/h4,6,8-10,14H,3,5,7H2,1-2H3/t10-,14-,16+,17-/m1/s1. The van der Waals surface area contributed by atoms with Gasteiger partial charge in [0.05, 0.1) is 10.8 Å². The van der Waals surface area contributed by atoms with Crippen molar-refractivity contribution in [1.29, 1.82) is 0 Å². The van der Waals surface area contributed by atoms with Gasteiger partial charge in [-0.15, -0.1) is 0 Å². The average molecular weight is 348 g/mol. The molecule has 2 saturated carbocycles. The highest BCUT2D eigenvalue weighted by atomic mass is 35.5. The fourth-order valence-corrected chi connectivity index (χ4v) is 5.14. The Morgan fingerprint density at radius 2 is 2.25 bits per heavy atom. The highest BCUT2D eigenvalue weighted by Gasteiger charge is 2.73. The van der Waals surface area contributed by atoms with Crippen molar-refractivity contribution in [2.24, 2.45) is 11.3 Å². The Bertz CT molecular complexity index is 866. The largest absolute Gasteiger partial charge is 0.341 e. The van der Waals surface area contributed by atoms with Crippen LogP contribution in [0.25, 0.3) is 11.0 Å². The number of hydrogen-bond donors (Lipinski definition) is 0. The van der Waals surface area contributed by atoms with Crippen LogP contribution in [0.3, 0.4) is 0 Å². The fraction of sp³-hybridized carbons (Fsp3) is 0.588. The van der Waals surface area contributed by atoms with E-state index in [1.807, 2.05) is 30.7 Å². The highest BCUT2D eigenvalue weighted by Crippen LogP contribution is 2.67. The number of carbonyl (C=O) groups excluding carboxylic acids is 1. The van der Waals surface area contributed by atoms with Crippen molar-refractivity contribution in [2.75, 3.05) is 0 Å². The van der Waals surface area contributed by atoms with Crippen LogP contribution in [0, 0.1) is 11.3 Å². The van der Waals surface area contributed by atoms with Crippen molar-refractivity contribution in [2.45, 2.75) is 50.7 Å². The van der Waals surface area contributed by atoms with Crippen LogP contribution in [0.15, 0.2) is 18.6 Å². The molecule has 4 atom stereocenters. The molecule has 2 aromatic heterocycles. The molecule has 0 N–H and O–H groups in total. The van der Waals surface area contributed by atoms with Crippen LogP contribution in [0.1, 0.15) is 33.1 Å². The molecule has 7 heteroatoms. The topological polar surface area (TPSA) is 66.2 Å². The maximum Gasteiger partial charge on any atom is 0.177 e. The first-order valence-corrected chi connectivity index (χ1v) is 8.62. The molecule has 3 fully saturated rings. The molecule has 5 rings (SSSR count). The third-order valence-corrected chi connectivity index (χ3v) is 6.31. The van der Waals surface area contributed by atoms with E-state index in [9.17, 15) is 4.79 Å². The van der Waals surface area contributed by atoms with E-state index in [2.05, 4.69) is 9.97 Å². The van der Waals surface area contributed by atoms with E-state index in [0.29, 0.717) is 10.8 Å². The molecule has 126 valence electrons. The normalized spacial score (nSPS) is 39.5. The van der Waals surface area contributed by atoms with Crippen molar-refractivity contribution < 1.29 is 14.3 Å². The van der Waals surface area contributed by atoms with Crippen molar-refractivity contribution >= 4 is 28.9 Å². The molecule has 1 saturated heterocycles. The van der Waals surface area contributed by atoms with Crippen molar-refractivity contribution in [1.82, 2.24) is 14.5 Å². The second kappa shape index (κ2) is 4.36. The van der Waals surface area contributed by atoms with E-state index in [-0.39, 0.29) is 12.0 Å². The minimum atomic E-state index is -0.755. The van der Waals surface area contributed by atoms with Crippen LogP contribution >= 0.6 is 11.6 Å². The van der Waals surface area contributed by atoms with Gasteiger partial charge in [-0.05, 0) is 38.7 Å². The molecule has 1 aliphatic heterocycles. The molecule has 2 aliphatic carbocycles. The summed E-state index contributed by atoms with van der Waals surface area (Å²) in [5.41, 5.74) is -0.477. The molecule has 0 aromatic carbocycles. The molecule has 0 amide bonds. The van der Waals surface area contributed by atoms with Gasteiger partial charge in [0, 0.05) is 12.6 Å². The van der Waals surface area contributed by atoms with Gasteiger partial charge in [-0.3, -0.25) is 0 Å². The Morgan fingerprint density at radius 1 is 1.42 bits per heavy atom. The third-order valence-electron chi connectivity index (χ3n) is 6.01. The zero-order valence-electron chi connectivity index (χ0n) is 13.5. The number of carbonyl (C=O) groups is 1. The van der Waals surface area contributed by atoms with Crippen LogP contribution in [0.2, 0.25) is 5.15 Å². The monoisotopic (exact) mass is 347 g/mol. The predicted octanol–water partition coefficient (Wildman–Crippen LogP) is 2.89. The van der Waals surface area contributed by atoms with E-state index in [1.54, 1.807) is 0 Å². The van der Waals surface area contributed by atoms with Gasteiger partial charge in [0.25, 0.3) is 0 Å². The zero-order chi connectivity index (χ0) is 16.7. The van der Waals surface area contributed by atoms with Crippen LogP contribution in [0.4, 0.5) is 0 Å². The molecule has 2 aromatic rings.